The maximum atomic E-state index is 12.6. The summed E-state index contributed by atoms with van der Waals surface area (Å²) in [5.41, 5.74) is 1.90. The van der Waals surface area contributed by atoms with Crippen LogP contribution in [0, 0.1) is 5.92 Å². The average molecular weight is 338 g/mol. The van der Waals surface area contributed by atoms with E-state index in [0.717, 1.165) is 11.1 Å². The van der Waals surface area contributed by atoms with Crippen LogP contribution in [0.1, 0.15) is 18.1 Å². The van der Waals surface area contributed by atoms with Gasteiger partial charge in [-0.1, -0.05) is 37.3 Å². The van der Waals surface area contributed by atoms with Crippen molar-refractivity contribution in [3.8, 4) is 0 Å². The maximum absolute atomic E-state index is 12.6. The highest BCUT2D eigenvalue weighted by molar-refractivity contribution is 5.92. The van der Waals surface area contributed by atoms with Crippen molar-refractivity contribution >= 4 is 18.0 Å². The van der Waals surface area contributed by atoms with Crippen molar-refractivity contribution < 1.29 is 14.3 Å². The molecule has 1 aromatic carbocycles. The fraction of sp³-hybridized carbons (Fsp3) is 0.250. The SMILES string of the molecule is COC(=O)C(C)CN(Cc1ccncc1)C(=O)/C=C/c1ccccc1. The summed E-state index contributed by atoms with van der Waals surface area (Å²) in [7, 11) is 1.35. The fourth-order valence-electron chi connectivity index (χ4n) is 2.38. The van der Waals surface area contributed by atoms with Crippen molar-refractivity contribution in [3.05, 3.63) is 72.1 Å². The molecule has 0 radical (unpaired) electrons. The van der Waals surface area contributed by atoms with Crippen molar-refractivity contribution in [2.45, 2.75) is 13.5 Å². The Labute approximate surface area is 147 Å². The van der Waals surface area contributed by atoms with Gasteiger partial charge < -0.3 is 9.64 Å². The number of methoxy groups -OCH3 is 1. The monoisotopic (exact) mass is 338 g/mol. The smallest absolute Gasteiger partial charge is 0.310 e. The van der Waals surface area contributed by atoms with Crippen LogP contribution in [-0.2, 0) is 20.9 Å². The summed E-state index contributed by atoms with van der Waals surface area (Å²) in [5, 5.41) is 0. The van der Waals surface area contributed by atoms with Gasteiger partial charge in [0.05, 0.1) is 13.0 Å². The third-order valence-electron chi connectivity index (χ3n) is 3.75. The summed E-state index contributed by atoms with van der Waals surface area (Å²) in [6.45, 7) is 2.44. The molecule has 1 amide bonds. The molecule has 0 aliphatic rings. The molecule has 0 fully saturated rings. The molecular formula is C20H22N2O3. The van der Waals surface area contributed by atoms with Crippen molar-refractivity contribution in [3.63, 3.8) is 0 Å². The van der Waals surface area contributed by atoms with Crippen LogP contribution < -0.4 is 0 Å². The van der Waals surface area contributed by atoms with Crippen molar-refractivity contribution in [1.29, 1.82) is 0 Å². The minimum absolute atomic E-state index is 0.156. The second kappa shape index (κ2) is 9.37. The molecule has 0 aliphatic heterocycles. The number of carbonyl (C=O) groups is 2. The third-order valence-corrected chi connectivity index (χ3v) is 3.75. The summed E-state index contributed by atoms with van der Waals surface area (Å²) >= 11 is 0. The zero-order chi connectivity index (χ0) is 18.1. The van der Waals surface area contributed by atoms with E-state index in [0.29, 0.717) is 6.54 Å². The molecule has 130 valence electrons. The number of benzene rings is 1. The van der Waals surface area contributed by atoms with Gasteiger partial charge in [0.15, 0.2) is 0 Å². The quantitative estimate of drug-likeness (QED) is 0.575. The lowest BCUT2D eigenvalue weighted by atomic mass is 10.1. The van der Waals surface area contributed by atoms with E-state index in [-0.39, 0.29) is 18.4 Å². The van der Waals surface area contributed by atoms with Crippen LogP contribution in [0.2, 0.25) is 0 Å². The highest BCUT2D eigenvalue weighted by atomic mass is 16.5. The largest absolute Gasteiger partial charge is 0.469 e. The minimum Gasteiger partial charge on any atom is -0.469 e. The van der Waals surface area contributed by atoms with Gasteiger partial charge >= 0.3 is 5.97 Å². The van der Waals surface area contributed by atoms with Crippen LogP contribution >= 0.6 is 0 Å². The average Bonchev–Trinajstić information content (AvgIpc) is 2.66. The summed E-state index contributed by atoms with van der Waals surface area (Å²) in [4.78, 5) is 30.0. The molecule has 0 N–H and O–H groups in total. The molecule has 0 saturated heterocycles. The second-order valence-electron chi connectivity index (χ2n) is 5.74. The first-order chi connectivity index (χ1) is 12.1. The normalized spacial score (nSPS) is 11.9. The Balaban J connectivity index is 2.13. The summed E-state index contributed by atoms with van der Waals surface area (Å²) in [6, 6.07) is 13.3. The lowest BCUT2D eigenvalue weighted by molar-refractivity contribution is -0.146. The number of nitrogens with zero attached hydrogens (tertiary/aromatic N) is 2. The van der Waals surface area contributed by atoms with Crippen LogP contribution in [0.3, 0.4) is 0 Å². The van der Waals surface area contributed by atoms with Gasteiger partial charge in [0.1, 0.15) is 0 Å². The number of hydrogen-bond donors (Lipinski definition) is 0. The zero-order valence-corrected chi connectivity index (χ0v) is 14.5. The van der Waals surface area contributed by atoms with Crippen LogP contribution in [0.4, 0.5) is 0 Å². The van der Waals surface area contributed by atoms with E-state index in [1.165, 1.54) is 13.2 Å². The van der Waals surface area contributed by atoms with E-state index in [2.05, 4.69) is 4.98 Å². The number of esters is 1. The second-order valence-corrected chi connectivity index (χ2v) is 5.74. The van der Waals surface area contributed by atoms with Gasteiger partial charge in [-0.3, -0.25) is 14.6 Å². The molecule has 2 aromatic rings. The highest BCUT2D eigenvalue weighted by Gasteiger charge is 2.20. The van der Waals surface area contributed by atoms with Gasteiger partial charge in [0, 0.05) is 31.6 Å². The maximum Gasteiger partial charge on any atom is 0.310 e. The summed E-state index contributed by atoms with van der Waals surface area (Å²) in [6.07, 6.45) is 6.66. The first kappa shape index (κ1) is 18.4. The van der Waals surface area contributed by atoms with Gasteiger partial charge in [-0.25, -0.2) is 0 Å². The van der Waals surface area contributed by atoms with E-state index in [9.17, 15) is 9.59 Å². The minimum atomic E-state index is -0.402. The van der Waals surface area contributed by atoms with Gasteiger partial charge in [-0.15, -0.1) is 0 Å². The summed E-state index contributed by atoms with van der Waals surface area (Å²) < 4.78 is 4.77. The number of ether oxygens (including phenoxy) is 1. The lowest BCUT2D eigenvalue weighted by Crippen LogP contribution is -2.35. The number of aromatic nitrogens is 1. The molecule has 1 atom stereocenters. The zero-order valence-electron chi connectivity index (χ0n) is 14.5. The number of hydrogen-bond acceptors (Lipinski definition) is 4. The van der Waals surface area contributed by atoms with Crippen LogP contribution in [0.5, 0.6) is 0 Å². The van der Waals surface area contributed by atoms with E-state index >= 15 is 0 Å². The first-order valence-electron chi connectivity index (χ1n) is 8.09. The summed E-state index contributed by atoms with van der Waals surface area (Å²) in [5.74, 6) is -0.892. The van der Waals surface area contributed by atoms with E-state index in [4.69, 9.17) is 4.74 Å². The van der Waals surface area contributed by atoms with Crippen LogP contribution in [0.15, 0.2) is 60.9 Å². The Kier molecular flexibility index (Phi) is 6.89. The predicted octanol–water partition coefficient (Wildman–Crippen LogP) is 2.93. The Morgan fingerprint density at radius 2 is 1.84 bits per heavy atom. The first-order valence-corrected chi connectivity index (χ1v) is 8.09. The van der Waals surface area contributed by atoms with Gasteiger partial charge in [-0.2, -0.15) is 0 Å². The van der Waals surface area contributed by atoms with Crippen LogP contribution in [0.25, 0.3) is 6.08 Å². The van der Waals surface area contributed by atoms with Crippen molar-refractivity contribution in [2.24, 2.45) is 5.92 Å². The fourth-order valence-corrected chi connectivity index (χ4v) is 2.38. The molecule has 1 heterocycles. The number of carbonyl (C=O) groups excluding carboxylic acids is 2. The molecule has 1 aromatic heterocycles. The van der Waals surface area contributed by atoms with Gasteiger partial charge in [0.2, 0.25) is 5.91 Å². The van der Waals surface area contributed by atoms with Gasteiger partial charge in [-0.05, 0) is 29.3 Å². The molecular weight excluding hydrogens is 316 g/mol. The highest BCUT2D eigenvalue weighted by Crippen LogP contribution is 2.10. The molecule has 2 rings (SSSR count). The van der Waals surface area contributed by atoms with Crippen LogP contribution in [-0.4, -0.2) is 35.4 Å². The number of pyridine rings is 1. The van der Waals surface area contributed by atoms with Crippen molar-refractivity contribution in [2.75, 3.05) is 13.7 Å². The van der Waals surface area contributed by atoms with Crippen molar-refractivity contribution in [1.82, 2.24) is 9.88 Å². The molecule has 5 heteroatoms. The molecule has 0 bridgehead atoms. The lowest BCUT2D eigenvalue weighted by Gasteiger charge is -2.24. The molecule has 1 unspecified atom stereocenters. The van der Waals surface area contributed by atoms with E-state index in [1.54, 1.807) is 30.3 Å². The Morgan fingerprint density at radius 1 is 1.16 bits per heavy atom. The standard InChI is InChI=1S/C20H22N2O3/c1-16(20(24)25-2)14-22(15-18-10-12-21-13-11-18)19(23)9-8-17-6-4-3-5-7-17/h3-13,16H,14-15H2,1-2H3/b9-8+. The van der Waals surface area contributed by atoms with E-state index in [1.807, 2.05) is 42.5 Å². The third kappa shape index (κ3) is 5.88. The predicted molar refractivity (Wildman–Crippen MR) is 96.3 cm³/mol. The molecule has 25 heavy (non-hydrogen) atoms. The number of amides is 1. The molecule has 0 spiro atoms. The Bertz CT molecular complexity index is 714. The topological polar surface area (TPSA) is 59.5 Å². The van der Waals surface area contributed by atoms with E-state index < -0.39 is 5.92 Å². The Hall–Kier alpha value is -2.95. The molecule has 5 nitrogen and oxygen atoms in total. The number of rotatable bonds is 7. The van der Waals surface area contributed by atoms with Gasteiger partial charge in [0.25, 0.3) is 0 Å². The molecule has 0 saturated carbocycles. The Morgan fingerprint density at radius 3 is 2.48 bits per heavy atom. The molecule has 0 aliphatic carbocycles.